The fraction of sp³-hybridized carbons (Fsp3) is 0.438. The maximum absolute atomic E-state index is 13.2. The van der Waals surface area contributed by atoms with Gasteiger partial charge in [-0.15, -0.1) is 11.3 Å². The molecule has 2 aromatic heterocycles. The van der Waals surface area contributed by atoms with Gasteiger partial charge >= 0.3 is 0 Å². The largest absolute Gasteiger partial charge is 0.343 e. The molecule has 1 amide bonds. The molecule has 0 radical (unpaired) electrons. The molecule has 0 aliphatic heterocycles. The molecular weight excluding hydrogens is 336 g/mol. The van der Waals surface area contributed by atoms with Crippen LogP contribution in [0.3, 0.4) is 0 Å². The molecule has 1 saturated carbocycles. The number of hydrogen-bond acceptors (Lipinski definition) is 5. The maximum Gasteiger partial charge on any atom is 0.248 e. The van der Waals surface area contributed by atoms with Crippen molar-refractivity contribution in [2.75, 3.05) is 0 Å². The number of carbonyl (C=O) groups excluding carboxylic acids is 1. The van der Waals surface area contributed by atoms with Crippen LogP contribution in [-0.4, -0.2) is 22.0 Å². The van der Waals surface area contributed by atoms with E-state index >= 15 is 0 Å². The van der Waals surface area contributed by atoms with Crippen LogP contribution in [0.1, 0.15) is 48.2 Å². The topological polar surface area (TPSA) is 68.0 Å². The fourth-order valence-electron chi connectivity index (χ4n) is 2.57. The number of thiophene rings is 1. The molecule has 2 aromatic rings. The summed E-state index contributed by atoms with van der Waals surface area (Å²) in [6.07, 6.45) is 3.56. The third-order valence-corrected chi connectivity index (χ3v) is 4.76. The van der Waals surface area contributed by atoms with Crippen molar-refractivity contribution < 1.29 is 18.1 Å². The molecule has 2 heterocycles. The summed E-state index contributed by atoms with van der Waals surface area (Å²) in [6, 6.07) is 3.82. The molecule has 1 aliphatic carbocycles. The van der Waals surface area contributed by atoms with Gasteiger partial charge < -0.3 is 9.84 Å². The quantitative estimate of drug-likeness (QED) is 0.831. The average Bonchev–Trinajstić information content (AvgIpc) is 3.22. The molecule has 0 aromatic carbocycles. The van der Waals surface area contributed by atoms with Crippen molar-refractivity contribution in [2.24, 2.45) is 0 Å². The summed E-state index contributed by atoms with van der Waals surface area (Å²) in [7, 11) is 0. The Labute approximate surface area is 141 Å². The standard InChI is InChI=1S/C16H17F2N3O2S/c17-16(18)7-5-11(6-8-16)15-20-14(23-21-15)10-19-13(22)4-3-12-2-1-9-24-12/h1-4,9,11H,5-8,10H2,(H,19,22)/b4-3+. The number of rotatable bonds is 5. The second kappa shape index (κ2) is 7.21. The SMILES string of the molecule is O=C(/C=C/c1cccs1)NCc1nc(C2CCC(F)(F)CC2)no1. The summed E-state index contributed by atoms with van der Waals surface area (Å²) >= 11 is 1.54. The molecule has 0 saturated heterocycles. The lowest BCUT2D eigenvalue weighted by atomic mass is 9.86. The monoisotopic (exact) mass is 353 g/mol. The van der Waals surface area contributed by atoms with Crippen LogP contribution in [0.15, 0.2) is 28.1 Å². The molecule has 8 heteroatoms. The highest BCUT2D eigenvalue weighted by Crippen LogP contribution is 2.39. The highest BCUT2D eigenvalue weighted by molar-refractivity contribution is 7.10. The van der Waals surface area contributed by atoms with Gasteiger partial charge in [0.2, 0.25) is 17.7 Å². The molecule has 0 atom stereocenters. The van der Waals surface area contributed by atoms with Crippen LogP contribution >= 0.6 is 11.3 Å². The first-order valence-corrected chi connectivity index (χ1v) is 8.59. The van der Waals surface area contributed by atoms with E-state index in [-0.39, 0.29) is 37.1 Å². The van der Waals surface area contributed by atoms with Crippen molar-refractivity contribution in [1.82, 2.24) is 15.5 Å². The van der Waals surface area contributed by atoms with Gasteiger partial charge in [0.25, 0.3) is 0 Å². The zero-order valence-electron chi connectivity index (χ0n) is 12.9. The number of nitrogens with one attached hydrogen (secondary N) is 1. The Morgan fingerprint density at radius 1 is 1.46 bits per heavy atom. The van der Waals surface area contributed by atoms with E-state index in [2.05, 4.69) is 15.5 Å². The van der Waals surface area contributed by atoms with Crippen LogP contribution < -0.4 is 5.32 Å². The molecule has 1 fully saturated rings. The number of alkyl halides is 2. The summed E-state index contributed by atoms with van der Waals surface area (Å²) in [6.45, 7) is 0.115. The number of amides is 1. The van der Waals surface area contributed by atoms with Gasteiger partial charge in [0.15, 0.2) is 5.82 Å². The van der Waals surface area contributed by atoms with Gasteiger partial charge in [0, 0.05) is 29.7 Å². The van der Waals surface area contributed by atoms with Crippen LogP contribution in [0, 0.1) is 0 Å². The smallest absolute Gasteiger partial charge is 0.248 e. The van der Waals surface area contributed by atoms with Gasteiger partial charge in [-0.1, -0.05) is 11.2 Å². The molecule has 128 valence electrons. The summed E-state index contributed by atoms with van der Waals surface area (Å²) in [5, 5.41) is 8.44. The Kier molecular flexibility index (Phi) is 5.03. The van der Waals surface area contributed by atoms with Crippen molar-refractivity contribution in [1.29, 1.82) is 0 Å². The van der Waals surface area contributed by atoms with E-state index < -0.39 is 5.92 Å². The second-order valence-corrected chi connectivity index (χ2v) is 6.72. The molecule has 24 heavy (non-hydrogen) atoms. The van der Waals surface area contributed by atoms with Gasteiger partial charge in [-0.3, -0.25) is 4.79 Å². The predicted octanol–water partition coefficient (Wildman–Crippen LogP) is 3.75. The molecule has 0 spiro atoms. The first kappa shape index (κ1) is 16.8. The Bertz CT molecular complexity index is 703. The highest BCUT2D eigenvalue weighted by atomic mass is 32.1. The van der Waals surface area contributed by atoms with Gasteiger partial charge in [0.05, 0.1) is 6.54 Å². The van der Waals surface area contributed by atoms with Crippen molar-refractivity contribution in [3.8, 4) is 0 Å². The molecule has 0 unspecified atom stereocenters. The van der Waals surface area contributed by atoms with E-state index in [1.54, 1.807) is 6.08 Å². The minimum absolute atomic E-state index is 0.100. The van der Waals surface area contributed by atoms with Crippen LogP contribution in [0.5, 0.6) is 0 Å². The van der Waals surface area contributed by atoms with Crippen molar-refractivity contribution >= 4 is 23.3 Å². The number of halogens is 2. The molecule has 3 rings (SSSR count). The summed E-state index contributed by atoms with van der Waals surface area (Å²) in [4.78, 5) is 16.9. The van der Waals surface area contributed by atoms with Crippen LogP contribution in [0.25, 0.3) is 6.08 Å². The van der Waals surface area contributed by atoms with Crippen molar-refractivity contribution in [2.45, 2.75) is 44.1 Å². The fourth-order valence-corrected chi connectivity index (χ4v) is 3.19. The summed E-state index contributed by atoms with van der Waals surface area (Å²) < 4.78 is 31.4. The zero-order valence-corrected chi connectivity index (χ0v) is 13.7. The maximum atomic E-state index is 13.2. The highest BCUT2D eigenvalue weighted by Gasteiger charge is 2.36. The third-order valence-electron chi connectivity index (χ3n) is 3.92. The first-order valence-electron chi connectivity index (χ1n) is 7.71. The number of nitrogens with zero attached hydrogens (tertiary/aromatic N) is 2. The summed E-state index contributed by atoms with van der Waals surface area (Å²) in [5.41, 5.74) is 0. The van der Waals surface area contributed by atoms with E-state index in [1.807, 2.05) is 17.5 Å². The van der Waals surface area contributed by atoms with E-state index in [0.29, 0.717) is 18.7 Å². The lowest BCUT2D eigenvalue weighted by molar-refractivity contribution is -0.116. The average molecular weight is 353 g/mol. The van der Waals surface area contributed by atoms with E-state index in [0.717, 1.165) is 4.88 Å². The van der Waals surface area contributed by atoms with Gasteiger partial charge in [-0.25, -0.2) is 8.78 Å². The normalized spacial score (nSPS) is 18.1. The van der Waals surface area contributed by atoms with Gasteiger partial charge in [-0.05, 0) is 30.4 Å². The molecule has 5 nitrogen and oxygen atoms in total. The lowest BCUT2D eigenvalue weighted by Crippen LogP contribution is -2.24. The van der Waals surface area contributed by atoms with Crippen LogP contribution in [0.4, 0.5) is 8.78 Å². The Balaban J connectivity index is 1.48. The zero-order chi connectivity index (χ0) is 17.0. The minimum atomic E-state index is -2.58. The van der Waals surface area contributed by atoms with Crippen molar-refractivity contribution in [3.05, 3.63) is 40.2 Å². The Morgan fingerprint density at radius 2 is 2.25 bits per heavy atom. The van der Waals surface area contributed by atoms with E-state index in [4.69, 9.17) is 4.52 Å². The van der Waals surface area contributed by atoms with E-state index in [9.17, 15) is 13.6 Å². The van der Waals surface area contributed by atoms with Crippen LogP contribution in [0.2, 0.25) is 0 Å². The molecule has 0 bridgehead atoms. The van der Waals surface area contributed by atoms with Crippen LogP contribution in [-0.2, 0) is 11.3 Å². The third kappa shape index (κ3) is 4.47. The second-order valence-electron chi connectivity index (χ2n) is 5.74. The summed E-state index contributed by atoms with van der Waals surface area (Å²) in [5.74, 6) is -2.22. The lowest BCUT2D eigenvalue weighted by Gasteiger charge is -2.26. The number of hydrogen-bond donors (Lipinski definition) is 1. The van der Waals surface area contributed by atoms with Gasteiger partial charge in [0.1, 0.15) is 0 Å². The predicted molar refractivity (Wildman–Crippen MR) is 85.7 cm³/mol. The molecular formula is C16H17F2N3O2S. The molecule has 1 aliphatic rings. The number of carbonyl (C=O) groups is 1. The first-order chi connectivity index (χ1) is 11.5. The van der Waals surface area contributed by atoms with Gasteiger partial charge in [-0.2, -0.15) is 4.98 Å². The minimum Gasteiger partial charge on any atom is -0.343 e. The number of aromatic nitrogens is 2. The Morgan fingerprint density at radius 3 is 2.96 bits per heavy atom. The molecule has 1 N–H and O–H groups in total. The Hall–Kier alpha value is -2.09. The van der Waals surface area contributed by atoms with E-state index in [1.165, 1.54) is 17.4 Å². The van der Waals surface area contributed by atoms with Crippen molar-refractivity contribution in [3.63, 3.8) is 0 Å².